The van der Waals surface area contributed by atoms with Gasteiger partial charge in [0.05, 0.1) is 10.7 Å². The summed E-state index contributed by atoms with van der Waals surface area (Å²) in [4.78, 5) is 10.7. The van der Waals surface area contributed by atoms with Gasteiger partial charge in [-0.25, -0.2) is 4.98 Å². The molecule has 1 aromatic heterocycles. The second-order valence-corrected chi connectivity index (χ2v) is 4.85. The number of nitrogens with zero attached hydrogens (tertiary/aromatic N) is 3. The fraction of sp³-hybridized carbons (Fsp3) is 0.636. The summed E-state index contributed by atoms with van der Waals surface area (Å²) in [6.07, 6.45) is 4.31. The van der Waals surface area contributed by atoms with Crippen molar-refractivity contribution in [2.45, 2.75) is 12.8 Å². The summed E-state index contributed by atoms with van der Waals surface area (Å²) < 4.78 is 6.45. The Morgan fingerprint density at radius 3 is 2.94 bits per heavy atom. The molecule has 0 atom stereocenters. The van der Waals surface area contributed by atoms with Gasteiger partial charge in [0.15, 0.2) is 0 Å². The minimum Gasteiger partial charge on any atom is -0.475 e. The van der Waals surface area contributed by atoms with Gasteiger partial charge in [-0.15, -0.1) is 0 Å². The molecule has 2 rings (SSSR count). The van der Waals surface area contributed by atoms with E-state index in [9.17, 15) is 0 Å². The lowest BCUT2D eigenvalue weighted by molar-refractivity contribution is 0.231. The molecular weight excluding hydrogens is 284 g/mol. The Morgan fingerprint density at radius 2 is 2.24 bits per heavy atom. The standard InChI is InChI=1S/C11H17BrN4O/c1-13-11-14-8-9(12)10(15-11)17-7-6-16-4-2-3-5-16/h8H,2-7H2,1H3,(H,13,14,15). The van der Waals surface area contributed by atoms with Gasteiger partial charge in [0, 0.05) is 13.6 Å². The lowest BCUT2D eigenvalue weighted by atomic mass is 10.4. The van der Waals surface area contributed by atoms with Crippen LogP contribution in [0.4, 0.5) is 5.95 Å². The van der Waals surface area contributed by atoms with Crippen LogP contribution >= 0.6 is 15.9 Å². The van der Waals surface area contributed by atoms with E-state index in [0.29, 0.717) is 18.4 Å². The lowest BCUT2D eigenvalue weighted by Gasteiger charge is -2.15. The van der Waals surface area contributed by atoms with Crippen LogP contribution in [0.5, 0.6) is 5.88 Å². The Morgan fingerprint density at radius 1 is 1.47 bits per heavy atom. The van der Waals surface area contributed by atoms with Crippen molar-refractivity contribution in [3.8, 4) is 5.88 Å². The van der Waals surface area contributed by atoms with Crippen LogP contribution in [0.2, 0.25) is 0 Å². The van der Waals surface area contributed by atoms with Crippen molar-refractivity contribution >= 4 is 21.9 Å². The largest absolute Gasteiger partial charge is 0.475 e. The lowest BCUT2D eigenvalue weighted by Crippen LogP contribution is -2.25. The van der Waals surface area contributed by atoms with Gasteiger partial charge in [0.25, 0.3) is 0 Å². The molecule has 6 heteroatoms. The molecule has 1 aliphatic rings. The zero-order chi connectivity index (χ0) is 12.1. The number of rotatable bonds is 5. The summed E-state index contributed by atoms with van der Waals surface area (Å²) in [5.41, 5.74) is 0. The van der Waals surface area contributed by atoms with Crippen molar-refractivity contribution in [2.24, 2.45) is 0 Å². The molecule has 0 saturated carbocycles. The van der Waals surface area contributed by atoms with E-state index in [-0.39, 0.29) is 0 Å². The molecule has 0 unspecified atom stereocenters. The van der Waals surface area contributed by atoms with Crippen molar-refractivity contribution in [2.75, 3.05) is 38.6 Å². The minimum atomic E-state index is 0.573. The van der Waals surface area contributed by atoms with Gasteiger partial charge in [-0.05, 0) is 41.9 Å². The summed E-state index contributed by atoms with van der Waals surface area (Å²) in [7, 11) is 1.79. The molecule has 1 aromatic rings. The molecule has 5 nitrogen and oxygen atoms in total. The van der Waals surface area contributed by atoms with Crippen molar-refractivity contribution in [3.63, 3.8) is 0 Å². The molecule has 17 heavy (non-hydrogen) atoms. The van der Waals surface area contributed by atoms with Crippen molar-refractivity contribution < 1.29 is 4.74 Å². The maximum atomic E-state index is 5.66. The quantitative estimate of drug-likeness (QED) is 0.898. The molecule has 0 radical (unpaired) electrons. The molecule has 0 bridgehead atoms. The van der Waals surface area contributed by atoms with Gasteiger partial charge >= 0.3 is 0 Å². The third-order valence-electron chi connectivity index (χ3n) is 2.78. The fourth-order valence-electron chi connectivity index (χ4n) is 1.85. The molecule has 0 spiro atoms. The smallest absolute Gasteiger partial charge is 0.232 e. The topological polar surface area (TPSA) is 50.3 Å². The highest BCUT2D eigenvalue weighted by Gasteiger charge is 2.12. The number of halogens is 1. The van der Waals surface area contributed by atoms with Crippen LogP contribution in [-0.4, -0.2) is 48.2 Å². The maximum Gasteiger partial charge on any atom is 0.232 e. The predicted molar refractivity (Wildman–Crippen MR) is 70.4 cm³/mol. The van der Waals surface area contributed by atoms with E-state index >= 15 is 0 Å². The van der Waals surface area contributed by atoms with Crippen LogP contribution in [0.25, 0.3) is 0 Å². The van der Waals surface area contributed by atoms with E-state index in [1.807, 2.05) is 0 Å². The maximum absolute atomic E-state index is 5.66. The van der Waals surface area contributed by atoms with Gasteiger partial charge in [0.2, 0.25) is 11.8 Å². The highest BCUT2D eigenvalue weighted by Crippen LogP contribution is 2.22. The SMILES string of the molecule is CNc1ncc(Br)c(OCCN2CCCC2)n1. The summed E-state index contributed by atoms with van der Waals surface area (Å²) in [5.74, 6) is 1.17. The Balaban J connectivity index is 1.84. The Kier molecular flexibility index (Phi) is 4.56. The first-order chi connectivity index (χ1) is 8.29. The summed E-state index contributed by atoms with van der Waals surface area (Å²) in [6, 6.07) is 0. The number of nitrogens with one attached hydrogen (secondary N) is 1. The third kappa shape index (κ3) is 3.54. The number of hydrogen-bond acceptors (Lipinski definition) is 5. The molecule has 1 aliphatic heterocycles. The number of hydrogen-bond donors (Lipinski definition) is 1. The first-order valence-electron chi connectivity index (χ1n) is 5.85. The second-order valence-electron chi connectivity index (χ2n) is 3.99. The normalized spacial score (nSPS) is 16.1. The fourth-order valence-corrected chi connectivity index (χ4v) is 2.16. The van der Waals surface area contributed by atoms with Gasteiger partial charge in [-0.3, -0.25) is 4.90 Å². The van der Waals surface area contributed by atoms with Crippen LogP contribution in [0.1, 0.15) is 12.8 Å². The summed E-state index contributed by atoms with van der Waals surface area (Å²) >= 11 is 3.38. The van der Waals surface area contributed by atoms with E-state index < -0.39 is 0 Å². The second kappa shape index (κ2) is 6.16. The van der Waals surface area contributed by atoms with Gasteiger partial charge in [-0.1, -0.05) is 0 Å². The zero-order valence-electron chi connectivity index (χ0n) is 9.95. The molecular formula is C11H17BrN4O. The van der Waals surface area contributed by atoms with Crippen LogP contribution < -0.4 is 10.1 Å². The molecule has 0 amide bonds. The predicted octanol–water partition coefficient (Wildman–Crippen LogP) is 1.76. The summed E-state index contributed by atoms with van der Waals surface area (Å²) in [6.45, 7) is 4.01. The van der Waals surface area contributed by atoms with Gasteiger partial charge in [-0.2, -0.15) is 4.98 Å². The highest BCUT2D eigenvalue weighted by atomic mass is 79.9. The third-order valence-corrected chi connectivity index (χ3v) is 3.32. The van der Waals surface area contributed by atoms with Crippen molar-refractivity contribution in [1.82, 2.24) is 14.9 Å². The van der Waals surface area contributed by atoms with Crippen LogP contribution in [0.15, 0.2) is 10.7 Å². The molecule has 2 heterocycles. The molecule has 94 valence electrons. The molecule has 0 aliphatic carbocycles. The van der Waals surface area contributed by atoms with Crippen molar-refractivity contribution in [3.05, 3.63) is 10.7 Å². The Hall–Kier alpha value is -0.880. The molecule has 0 aromatic carbocycles. The molecule has 1 N–H and O–H groups in total. The summed E-state index contributed by atoms with van der Waals surface area (Å²) in [5, 5.41) is 2.89. The van der Waals surface area contributed by atoms with E-state index in [1.165, 1.54) is 25.9 Å². The number of anilines is 1. The number of ether oxygens (including phenoxy) is 1. The monoisotopic (exact) mass is 300 g/mol. The highest BCUT2D eigenvalue weighted by molar-refractivity contribution is 9.10. The minimum absolute atomic E-state index is 0.573. The first-order valence-corrected chi connectivity index (χ1v) is 6.64. The zero-order valence-corrected chi connectivity index (χ0v) is 11.5. The Bertz CT molecular complexity index is 368. The Labute approximate surface area is 110 Å². The van der Waals surface area contributed by atoms with Gasteiger partial charge < -0.3 is 10.1 Å². The first kappa shape index (κ1) is 12.6. The van der Waals surface area contributed by atoms with E-state index in [1.54, 1.807) is 13.2 Å². The van der Waals surface area contributed by atoms with Crippen LogP contribution in [-0.2, 0) is 0 Å². The average Bonchev–Trinajstić information content (AvgIpc) is 2.84. The number of aromatic nitrogens is 2. The number of likely N-dealkylation sites (tertiary alicyclic amines) is 1. The van der Waals surface area contributed by atoms with Crippen LogP contribution in [0.3, 0.4) is 0 Å². The van der Waals surface area contributed by atoms with Crippen LogP contribution in [0, 0.1) is 0 Å². The van der Waals surface area contributed by atoms with Gasteiger partial charge in [0.1, 0.15) is 6.61 Å². The molecule has 1 saturated heterocycles. The van der Waals surface area contributed by atoms with E-state index in [4.69, 9.17) is 4.74 Å². The van der Waals surface area contributed by atoms with Crippen molar-refractivity contribution in [1.29, 1.82) is 0 Å². The average molecular weight is 301 g/mol. The van der Waals surface area contributed by atoms with E-state index in [2.05, 4.69) is 36.1 Å². The molecule has 1 fully saturated rings. The van der Waals surface area contributed by atoms with E-state index in [0.717, 1.165) is 11.0 Å².